The number of nitrogens with one attached hydrogen (secondary N) is 2. The Labute approximate surface area is 180 Å². The second-order valence-corrected chi connectivity index (χ2v) is 8.86. The highest BCUT2D eigenvalue weighted by Gasteiger charge is 2.31. The summed E-state index contributed by atoms with van der Waals surface area (Å²) in [5.74, 6) is 3.00. The van der Waals surface area contributed by atoms with Crippen molar-refractivity contribution in [2.45, 2.75) is 38.6 Å². The van der Waals surface area contributed by atoms with E-state index in [-0.39, 0.29) is 0 Å². The van der Waals surface area contributed by atoms with Gasteiger partial charge in [0, 0.05) is 23.8 Å². The number of fused-ring (bicyclic) bond motifs is 3. The van der Waals surface area contributed by atoms with Crippen molar-refractivity contribution in [1.82, 2.24) is 30.1 Å². The average Bonchev–Trinajstić information content (AvgIpc) is 3.23. The second kappa shape index (κ2) is 7.12. The standard InChI is InChI=1S/C20H19FN8OS/c1-10-14(25-18(30-10)11-2-3-11)9-29-5-4-15-16(13-8-24-28-17(13)29)26-20(31-15)27-19-22-6-12(21)7-23-19/h6-8,11H,2-5,9H2,1H3,(H,24,28)(H,22,23,26,27). The number of aromatic amines is 1. The molecule has 158 valence electrons. The Balaban J connectivity index is 1.27. The van der Waals surface area contributed by atoms with Gasteiger partial charge in [-0.05, 0) is 19.8 Å². The van der Waals surface area contributed by atoms with Crippen molar-refractivity contribution in [2.75, 3.05) is 16.8 Å². The molecule has 1 aliphatic carbocycles. The van der Waals surface area contributed by atoms with Gasteiger partial charge in [0.1, 0.15) is 17.3 Å². The van der Waals surface area contributed by atoms with E-state index in [0.29, 0.717) is 23.5 Å². The van der Waals surface area contributed by atoms with Crippen molar-refractivity contribution in [3.63, 3.8) is 0 Å². The van der Waals surface area contributed by atoms with E-state index in [2.05, 4.69) is 30.4 Å². The molecule has 31 heavy (non-hydrogen) atoms. The zero-order chi connectivity index (χ0) is 20.9. The molecule has 0 amide bonds. The quantitative estimate of drug-likeness (QED) is 0.482. The lowest BCUT2D eigenvalue weighted by Crippen LogP contribution is -2.25. The van der Waals surface area contributed by atoms with Crippen LogP contribution in [0.2, 0.25) is 0 Å². The van der Waals surface area contributed by atoms with Crippen LogP contribution in [-0.2, 0) is 13.0 Å². The van der Waals surface area contributed by atoms with Crippen molar-refractivity contribution in [1.29, 1.82) is 0 Å². The first kappa shape index (κ1) is 18.4. The van der Waals surface area contributed by atoms with Crippen LogP contribution >= 0.6 is 11.3 Å². The third-order valence-electron chi connectivity index (χ3n) is 5.51. The van der Waals surface area contributed by atoms with Gasteiger partial charge in [0.05, 0.1) is 36.4 Å². The Morgan fingerprint density at radius 3 is 2.90 bits per heavy atom. The highest BCUT2D eigenvalue weighted by molar-refractivity contribution is 7.16. The maximum Gasteiger partial charge on any atom is 0.229 e. The van der Waals surface area contributed by atoms with Crippen molar-refractivity contribution in [3.8, 4) is 11.3 Å². The zero-order valence-electron chi connectivity index (χ0n) is 16.7. The summed E-state index contributed by atoms with van der Waals surface area (Å²) in [5.41, 5.74) is 2.80. The van der Waals surface area contributed by atoms with E-state index in [1.807, 2.05) is 6.92 Å². The summed E-state index contributed by atoms with van der Waals surface area (Å²) in [6.45, 7) is 3.43. The third-order valence-corrected chi connectivity index (χ3v) is 6.54. The van der Waals surface area contributed by atoms with E-state index < -0.39 is 5.82 Å². The number of aromatic nitrogens is 6. The number of aryl methyl sites for hydroxylation is 1. The van der Waals surface area contributed by atoms with E-state index in [9.17, 15) is 4.39 Å². The zero-order valence-corrected chi connectivity index (χ0v) is 17.5. The summed E-state index contributed by atoms with van der Waals surface area (Å²) in [6.07, 6.45) is 7.21. The van der Waals surface area contributed by atoms with Gasteiger partial charge in [-0.25, -0.2) is 24.3 Å². The molecule has 5 heterocycles. The Bertz CT molecular complexity index is 1240. The van der Waals surface area contributed by atoms with Gasteiger partial charge < -0.3 is 14.6 Å². The molecule has 0 bridgehead atoms. The van der Waals surface area contributed by atoms with Gasteiger partial charge in [-0.15, -0.1) is 11.3 Å². The maximum absolute atomic E-state index is 13.1. The molecule has 0 radical (unpaired) electrons. The topological polar surface area (TPSA) is 109 Å². The second-order valence-electron chi connectivity index (χ2n) is 7.77. The Morgan fingerprint density at radius 1 is 1.26 bits per heavy atom. The molecule has 2 N–H and O–H groups in total. The number of halogens is 1. The van der Waals surface area contributed by atoms with Gasteiger partial charge in [-0.1, -0.05) is 0 Å². The minimum Gasteiger partial charge on any atom is -0.445 e. The van der Waals surface area contributed by atoms with E-state index in [0.717, 1.165) is 64.7 Å². The van der Waals surface area contributed by atoms with Gasteiger partial charge in [0.15, 0.2) is 16.8 Å². The van der Waals surface area contributed by atoms with E-state index in [1.165, 1.54) is 12.8 Å². The predicted molar refractivity (Wildman–Crippen MR) is 113 cm³/mol. The lowest BCUT2D eigenvalue weighted by Gasteiger charge is -2.21. The molecule has 0 atom stereocenters. The van der Waals surface area contributed by atoms with Crippen LogP contribution in [0.5, 0.6) is 0 Å². The lowest BCUT2D eigenvalue weighted by atomic mass is 10.2. The molecule has 4 aromatic rings. The Hall–Kier alpha value is -3.34. The largest absolute Gasteiger partial charge is 0.445 e. The molecule has 0 unspecified atom stereocenters. The normalized spacial score (nSPS) is 15.5. The Morgan fingerprint density at radius 2 is 2.10 bits per heavy atom. The highest BCUT2D eigenvalue weighted by Crippen LogP contribution is 2.41. The van der Waals surface area contributed by atoms with Gasteiger partial charge in [0.2, 0.25) is 5.95 Å². The van der Waals surface area contributed by atoms with Crippen molar-refractivity contribution in [3.05, 3.63) is 46.6 Å². The summed E-state index contributed by atoms with van der Waals surface area (Å²) in [7, 11) is 0. The fourth-order valence-corrected chi connectivity index (χ4v) is 4.70. The molecule has 1 fully saturated rings. The van der Waals surface area contributed by atoms with E-state index in [1.54, 1.807) is 17.5 Å². The molecule has 11 heteroatoms. The molecule has 1 aliphatic heterocycles. The molecule has 9 nitrogen and oxygen atoms in total. The summed E-state index contributed by atoms with van der Waals surface area (Å²) < 4.78 is 18.9. The average molecular weight is 438 g/mol. The number of hydrogen-bond donors (Lipinski definition) is 2. The summed E-state index contributed by atoms with van der Waals surface area (Å²) in [6, 6.07) is 0. The van der Waals surface area contributed by atoms with Crippen LogP contribution in [0.1, 0.15) is 41.0 Å². The van der Waals surface area contributed by atoms with Crippen LogP contribution in [0.3, 0.4) is 0 Å². The number of anilines is 3. The number of nitrogens with zero attached hydrogens (tertiary/aromatic N) is 6. The first-order valence-corrected chi connectivity index (χ1v) is 10.9. The maximum atomic E-state index is 13.1. The van der Waals surface area contributed by atoms with Gasteiger partial charge in [-0.2, -0.15) is 5.10 Å². The first-order chi connectivity index (χ1) is 15.1. The number of oxazole rings is 1. The van der Waals surface area contributed by atoms with Crippen LogP contribution < -0.4 is 10.2 Å². The summed E-state index contributed by atoms with van der Waals surface area (Å²) in [4.78, 5) is 20.8. The monoisotopic (exact) mass is 438 g/mol. The van der Waals surface area contributed by atoms with Crippen LogP contribution in [0, 0.1) is 12.7 Å². The summed E-state index contributed by atoms with van der Waals surface area (Å²) >= 11 is 1.54. The third kappa shape index (κ3) is 3.44. The number of H-pyrrole nitrogens is 1. The van der Waals surface area contributed by atoms with Crippen molar-refractivity contribution >= 4 is 28.2 Å². The fourth-order valence-electron chi connectivity index (χ4n) is 3.74. The Kier molecular flexibility index (Phi) is 4.23. The SMILES string of the molecule is Cc1oc(C2CC2)nc1CN1CCc2sc(Nc3ncc(F)cn3)nc2-c2cn[nH]c21. The molecule has 0 spiro atoms. The van der Waals surface area contributed by atoms with E-state index >= 15 is 0 Å². The van der Waals surface area contributed by atoms with Gasteiger partial charge >= 0.3 is 0 Å². The molecular weight excluding hydrogens is 419 g/mol. The number of rotatable bonds is 5. The number of hydrogen-bond acceptors (Lipinski definition) is 9. The number of thiazole rings is 1. The lowest BCUT2D eigenvalue weighted by molar-refractivity contribution is 0.472. The smallest absolute Gasteiger partial charge is 0.229 e. The van der Waals surface area contributed by atoms with Crippen molar-refractivity contribution < 1.29 is 8.81 Å². The van der Waals surface area contributed by atoms with Crippen LogP contribution in [0.25, 0.3) is 11.3 Å². The van der Waals surface area contributed by atoms with Crippen LogP contribution in [0.4, 0.5) is 21.3 Å². The molecule has 0 aromatic carbocycles. The fraction of sp³-hybridized carbons (Fsp3) is 0.350. The van der Waals surface area contributed by atoms with Crippen LogP contribution in [-0.4, -0.2) is 36.7 Å². The predicted octanol–water partition coefficient (Wildman–Crippen LogP) is 3.94. The molecule has 4 aromatic heterocycles. The van der Waals surface area contributed by atoms with Gasteiger partial charge in [-0.3, -0.25) is 5.10 Å². The minimum atomic E-state index is -0.477. The molecule has 6 rings (SSSR count). The van der Waals surface area contributed by atoms with Gasteiger partial charge in [0.25, 0.3) is 0 Å². The molecule has 1 saturated carbocycles. The molecule has 0 saturated heterocycles. The van der Waals surface area contributed by atoms with E-state index in [4.69, 9.17) is 14.4 Å². The van der Waals surface area contributed by atoms with Crippen LogP contribution in [0.15, 0.2) is 23.0 Å². The van der Waals surface area contributed by atoms with Crippen molar-refractivity contribution in [2.24, 2.45) is 0 Å². The molecule has 2 aliphatic rings. The molecular formula is C20H19FN8OS. The highest BCUT2D eigenvalue weighted by atomic mass is 32.1. The minimum absolute atomic E-state index is 0.312. The first-order valence-electron chi connectivity index (χ1n) is 10.1. The summed E-state index contributed by atoms with van der Waals surface area (Å²) in [5, 5.41) is 11.1.